The van der Waals surface area contributed by atoms with E-state index in [1.807, 2.05) is 0 Å². The third-order valence-electron chi connectivity index (χ3n) is 5.71. The maximum atomic E-state index is 13.6. The third kappa shape index (κ3) is 6.13. The van der Waals surface area contributed by atoms with Gasteiger partial charge in [-0.3, -0.25) is 9.78 Å². The molecule has 7 nitrogen and oxygen atoms in total. The lowest BCUT2D eigenvalue weighted by atomic mass is 10.0. The average molecular weight is 536 g/mol. The fourth-order valence-corrected chi connectivity index (χ4v) is 5.10. The van der Waals surface area contributed by atoms with Crippen LogP contribution in [0, 0.1) is 5.82 Å². The molecule has 194 valence electrons. The van der Waals surface area contributed by atoms with Crippen LogP contribution < -0.4 is 10.1 Å². The number of alkyl halides is 3. The van der Waals surface area contributed by atoms with Gasteiger partial charge in [-0.2, -0.15) is 13.2 Å². The fourth-order valence-electron chi connectivity index (χ4n) is 3.82. The van der Waals surface area contributed by atoms with Crippen LogP contribution >= 0.6 is 11.8 Å². The van der Waals surface area contributed by atoms with Crippen molar-refractivity contribution < 1.29 is 37.0 Å². The molecule has 1 aromatic heterocycles. The van der Waals surface area contributed by atoms with Crippen molar-refractivity contribution in [2.45, 2.75) is 22.9 Å². The van der Waals surface area contributed by atoms with E-state index in [4.69, 9.17) is 9.84 Å². The van der Waals surface area contributed by atoms with Gasteiger partial charge < -0.3 is 20.1 Å². The Bertz CT molecular complexity index is 1330. The number of likely N-dealkylation sites (tertiary alicyclic amines) is 1. The predicted molar refractivity (Wildman–Crippen MR) is 128 cm³/mol. The predicted octanol–water partition coefficient (Wildman–Crippen LogP) is 5.30. The molecule has 4 rings (SSSR count). The van der Waals surface area contributed by atoms with Crippen molar-refractivity contribution in [2.24, 2.45) is 0 Å². The monoisotopic (exact) mass is 535 g/mol. The number of halogens is 4. The summed E-state index contributed by atoms with van der Waals surface area (Å²) in [6.07, 6.45) is -2.75. The van der Waals surface area contributed by atoms with Gasteiger partial charge in [0.1, 0.15) is 11.6 Å². The van der Waals surface area contributed by atoms with Crippen LogP contribution in [0.1, 0.15) is 21.5 Å². The molecule has 2 amide bonds. The average Bonchev–Trinajstić information content (AvgIpc) is 2.83. The second-order valence-electron chi connectivity index (χ2n) is 8.23. The SMILES string of the molecule is COc1cc(F)ccc1-c1ccncc1CNC(=O)c1cc(SC2CN(C(=O)O)C2)cc(C(F)(F)F)c1. The zero-order valence-electron chi connectivity index (χ0n) is 19.4. The van der Waals surface area contributed by atoms with Crippen molar-refractivity contribution in [3.63, 3.8) is 0 Å². The molecule has 12 heteroatoms. The second kappa shape index (κ2) is 10.7. The van der Waals surface area contributed by atoms with Crippen LogP contribution in [0.4, 0.5) is 22.4 Å². The number of amides is 2. The number of benzene rings is 2. The van der Waals surface area contributed by atoms with Crippen molar-refractivity contribution >= 4 is 23.8 Å². The number of nitrogens with zero attached hydrogens (tertiary/aromatic N) is 2. The Labute approximate surface area is 213 Å². The first-order valence-electron chi connectivity index (χ1n) is 11.0. The number of methoxy groups -OCH3 is 1. The van der Waals surface area contributed by atoms with Gasteiger partial charge in [0.05, 0.1) is 12.7 Å². The van der Waals surface area contributed by atoms with Gasteiger partial charge in [-0.05, 0) is 47.5 Å². The molecule has 2 aromatic carbocycles. The summed E-state index contributed by atoms with van der Waals surface area (Å²) in [5, 5.41) is 11.4. The Morgan fingerprint density at radius 1 is 1.16 bits per heavy atom. The maximum Gasteiger partial charge on any atom is 0.416 e. The zero-order chi connectivity index (χ0) is 26.7. The maximum absolute atomic E-state index is 13.6. The summed E-state index contributed by atoms with van der Waals surface area (Å²) in [6, 6.07) is 8.75. The van der Waals surface area contributed by atoms with Gasteiger partial charge in [0.15, 0.2) is 0 Å². The molecular weight excluding hydrogens is 514 g/mol. The summed E-state index contributed by atoms with van der Waals surface area (Å²) in [5.74, 6) is -0.939. The quantitative estimate of drug-likeness (QED) is 0.399. The first kappa shape index (κ1) is 26.3. The first-order valence-corrected chi connectivity index (χ1v) is 11.8. The van der Waals surface area contributed by atoms with Gasteiger partial charge in [-0.15, -0.1) is 11.8 Å². The van der Waals surface area contributed by atoms with Crippen molar-refractivity contribution in [1.29, 1.82) is 0 Å². The van der Waals surface area contributed by atoms with Crippen LogP contribution in [0.5, 0.6) is 5.75 Å². The van der Waals surface area contributed by atoms with Crippen molar-refractivity contribution in [3.05, 3.63) is 77.4 Å². The Morgan fingerprint density at radius 3 is 2.59 bits per heavy atom. The van der Waals surface area contributed by atoms with Crippen LogP contribution in [0.2, 0.25) is 0 Å². The van der Waals surface area contributed by atoms with E-state index in [0.717, 1.165) is 28.8 Å². The topological polar surface area (TPSA) is 91.8 Å². The molecule has 37 heavy (non-hydrogen) atoms. The number of ether oxygens (including phenoxy) is 1. The number of carbonyl (C=O) groups excluding carboxylic acids is 1. The number of nitrogens with one attached hydrogen (secondary N) is 1. The molecular formula is C25H21F4N3O4S. The number of pyridine rings is 1. The van der Waals surface area contributed by atoms with E-state index < -0.39 is 29.6 Å². The van der Waals surface area contributed by atoms with Gasteiger partial charge in [-0.1, -0.05) is 0 Å². The molecule has 1 aliphatic heterocycles. The lowest BCUT2D eigenvalue weighted by Gasteiger charge is -2.36. The number of hydrogen-bond acceptors (Lipinski definition) is 5. The largest absolute Gasteiger partial charge is 0.496 e. The highest BCUT2D eigenvalue weighted by molar-refractivity contribution is 8.00. The molecule has 0 saturated carbocycles. The van der Waals surface area contributed by atoms with E-state index in [1.165, 1.54) is 43.8 Å². The van der Waals surface area contributed by atoms with Gasteiger partial charge in [0.25, 0.3) is 5.91 Å². The Kier molecular flexibility index (Phi) is 7.58. The van der Waals surface area contributed by atoms with Gasteiger partial charge >= 0.3 is 12.3 Å². The van der Waals surface area contributed by atoms with Gasteiger partial charge in [0, 0.05) is 59.4 Å². The summed E-state index contributed by atoms with van der Waals surface area (Å²) >= 11 is 1.09. The molecule has 1 saturated heterocycles. The lowest BCUT2D eigenvalue weighted by Crippen LogP contribution is -2.51. The molecule has 0 bridgehead atoms. The molecule has 2 N–H and O–H groups in total. The summed E-state index contributed by atoms with van der Waals surface area (Å²) < 4.78 is 59.5. The summed E-state index contributed by atoms with van der Waals surface area (Å²) in [5.41, 5.74) is 0.557. The second-order valence-corrected chi connectivity index (χ2v) is 9.61. The van der Waals surface area contributed by atoms with E-state index in [2.05, 4.69) is 10.3 Å². The number of rotatable bonds is 7. The summed E-state index contributed by atoms with van der Waals surface area (Å²) in [7, 11) is 1.40. The molecule has 0 spiro atoms. The Hall–Kier alpha value is -3.80. The van der Waals surface area contributed by atoms with Crippen LogP contribution in [-0.4, -0.2) is 52.4 Å². The van der Waals surface area contributed by atoms with Crippen LogP contribution in [-0.2, 0) is 12.7 Å². The van der Waals surface area contributed by atoms with Crippen molar-refractivity contribution in [1.82, 2.24) is 15.2 Å². The highest BCUT2D eigenvalue weighted by Gasteiger charge is 2.34. The molecule has 1 aliphatic rings. The normalized spacial score (nSPS) is 13.7. The Morgan fingerprint density at radius 2 is 1.92 bits per heavy atom. The van der Waals surface area contributed by atoms with Crippen molar-refractivity contribution in [2.75, 3.05) is 20.2 Å². The molecule has 1 fully saturated rings. The third-order valence-corrected chi connectivity index (χ3v) is 6.85. The number of carboxylic acid groups (broad SMARTS) is 1. The smallest absolute Gasteiger partial charge is 0.416 e. The minimum Gasteiger partial charge on any atom is -0.496 e. The molecule has 2 heterocycles. The van der Waals surface area contributed by atoms with Gasteiger partial charge in [0.2, 0.25) is 0 Å². The summed E-state index contributed by atoms with van der Waals surface area (Å²) in [6.45, 7) is 0.320. The minimum absolute atomic E-state index is 0.0581. The van der Waals surface area contributed by atoms with Gasteiger partial charge in [-0.25, -0.2) is 9.18 Å². The van der Waals surface area contributed by atoms with E-state index in [9.17, 15) is 27.2 Å². The number of thioether (sulfide) groups is 1. The van der Waals surface area contributed by atoms with E-state index in [1.54, 1.807) is 6.07 Å². The molecule has 0 unspecified atom stereocenters. The molecule has 3 aromatic rings. The first-order chi connectivity index (χ1) is 17.5. The highest BCUT2D eigenvalue weighted by atomic mass is 32.2. The molecule has 0 aliphatic carbocycles. The van der Waals surface area contributed by atoms with Crippen LogP contribution in [0.3, 0.4) is 0 Å². The van der Waals surface area contributed by atoms with Crippen LogP contribution in [0.25, 0.3) is 11.1 Å². The fraction of sp³-hybridized carbons (Fsp3) is 0.240. The standard InChI is InChI=1S/C25H21F4N3O4S/c1-36-22-9-17(26)2-3-21(22)20-4-5-30-10-15(20)11-31-23(33)14-6-16(25(27,28)29)8-18(7-14)37-19-12-32(13-19)24(34)35/h2-10,19H,11-13H2,1H3,(H,31,33)(H,34,35). The number of aromatic nitrogens is 1. The minimum atomic E-state index is -4.67. The lowest BCUT2D eigenvalue weighted by molar-refractivity contribution is -0.137. The zero-order valence-corrected chi connectivity index (χ0v) is 20.2. The van der Waals surface area contributed by atoms with E-state index in [-0.39, 0.29) is 41.1 Å². The number of hydrogen-bond donors (Lipinski definition) is 2. The Balaban J connectivity index is 1.54. The van der Waals surface area contributed by atoms with Crippen molar-refractivity contribution in [3.8, 4) is 16.9 Å². The number of carbonyl (C=O) groups is 2. The molecule has 0 radical (unpaired) electrons. The van der Waals surface area contributed by atoms with E-state index in [0.29, 0.717) is 16.7 Å². The molecule has 0 atom stereocenters. The highest BCUT2D eigenvalue weighted by Crippen LogP contribution is 2.37. The van der Waals surface area contributed by atoms with Crippen LogP contribution in [0.15, 0.2) is 59.8 Å². The van der Waals surface area contributed by atoms with E-state index >= 15 is 0 Å². The summed E-state index contributed by atoms with van der Waals surface area (Å²) in [4.78, 5) is 29.3.